The topological polar surface area (TPSA) is 105 Å². The standard InChI is InChI=1S/C27H25N5O3/c33-25(16-15-24-31-23-12-5-4-11-22(23)26(34)32(24)21-13-14-21)28-19-9-6-10-20(17-19)30-27(35)29-18-7-2-1-3-8-18/h1-12,17,21H,13-16H2,(H,28,33)(H2,29,30,35). The van der Waals surface area contributed by atoms with Crippen molar-refractivity contribution in [1.82, 2.24) is 9.55 Å². The summed E-state index contributed by atoms with van der Waals surface area (Å²) in [7, 11) is 0. The maximum Gasteiger partial charge on any atom is 0.323 e. The van der Waals surface area contributed by atoms with Crippen LogP contribution in [0, 0.1) is 0 Å². The van der Waals surface area contributed by atoms with Gasteiger partial charge in [0.25, 0.3) is 5.56 Å². The highest BCUT2D eigenvalue weighted by atomic mass is 16.2. The number of para-hydroxylation sites is 2. The van der Waals surface area contributed by atoms with Crippen LogP contribution in [0.15, 0.2) is 83.7 Å². The van der Waals surface area contributed by atoms with Gasteiger partial charge in [-0.05, 0) is 55.3 Å². The van der Waals surface area contributed by atoms with Gasteiger partial charge < -0.3 is 16.0 Å². The van der Waals surface area contributed by atoms with Gasteiger partial charge in [0.05, 0.1) is 10.9 Å². The number of rotatable bonds is 7. The molecular formula is C27H25N5O3. The highest BCUT2D eigenvalue weighted by Gasteiger charge is 2.28. The van der Waals surface area contributed by atoms with E-state index in [1.807, 2.05) is 36.4 Å². The largest absolute Gasteiger partial charge is 0.326 e. The molecule has 1 aliphatic carbocycles. The molecule has 1 saturated carbocycles. The molecule has 176 valence electrons. The molecule has 0 saturated heterocycles. The summed E-state index contributed by atoms with van der Waals surface area (Å²) in [6.45, 7) is 0. The van der Waals surface area contributed by atoms with Crippen molar-refractivity contribution in [3.63, 3.8) is 0 Å². The zero-order valence-corrected chi connectivity index (χ0v) is 19.0. The van der Waals surface area contributed by atoms with Crippen LogP contribution < -0.4 is 21.5 Å². The van der Waals surface area contributed by atoms with Gasteiger partial charge in [0, 0.05) is 35.9 Å². The number of aromatic nitrogens is 2. The van der Waals surface area contributed by atoms with E-state index in [2.05, 4.69) is 20.9 Å². The van der Waals surface area contributed by atoms with E-state index in [1.54, 1.807) is 47.0 Å². The Hall–Kier alpha value is -4.46. The number of nitrogens with one attached hydrogen (secondary N) is 3. The van der Waals surface area contributed by atoms with E-state index in [4.69, 9.17) is 0 Å². The van der Waals surface area contributed by atoms with Crippen molar-refractivity contribution in [3.05, 3.63) is 95.0 Å². The SMILES string of the molecule is O=C(CCc1nc2ccccc2c(=O)n1C1CC1)Nc1cccc(NC(=O)Nc2ccccc2)c1. The molecule has 0 atom stereocenters. The Bertz CT molecular complexity index is 1440. The molecule has 0 bridgehead atoms. The summed E-state index contributed by atoms with van der Waals surface area (Å²) < 4.78 is 1.76. The molecule has 3 amide bonds. The zero-order valence-electron chi connectivity index (χ0n) is 19.0. The molecule has 4 aromatic rings. The maximum atomic E-state index is 13.0. The number of urea groups is 1. The van der Waals surface area contributed by atoms with Gasteiger partial charge in [-0.25, -0.2) is 9.78 Å². The van der Waals surface area contributed by atoms with Gasteiger partial charge in [-0.3, -0.25) is 14.2 Å². The number of amides is 3. The molecule has 8 nitrogen and oxygen atoms in total. The van der Waals surface area contributed by atoms with Crippen LogP contribution in [0.25, 0.3) is 10.9 Å². The predicted octanol–water partition coefficient (Wildman–Crippen LogP) is 4.95. The van der Waals surface area contributed by atoms with Crippen LogP contribution in [-0.2, 0) is 11.2 Å². The Morgan fingerprint density at radius 3 is 2.26 bits per heavy atom. The minimum Gasteiger partial charge on any atom is -0.326 e. The maximum absolute atomic E-state index is 13.0. The molecule has 0 radical (unpaired) electrons. The van der Waals surface area contributed by atoms with Crippen LogP contribution in [0.2, 0.25) is 0 Å². The lowest BCUT2D eigenvalue weighted by molar-refractivity contribution is -0.116. The first-order valence-electron chi connectivity index (χ1n) is 11.6. The molecule has 1 aromatic heterocycles. The van der Waals surface area contributed by atoms with Gasteiger partial charge >= 0.3 is 6.03 Å². The first-order valence-corrected chi connectivity index (χ1v) is 11.6. The number of anilines is 3. The summed E-state index contributed by atoms with van der Waals surface area (Å²) in [4.78, 5) is 42.6. The third-order valence-corrected chi connectivity index (χ3v) is 5.80. The van der Waals surface area contributed by atoms with E-state index in [0.29, 0.717) is 40.2 Å². The first kappa shape index (κ1) is 22.3. The fourth-order valence-electron chi connectivity index (χ4n) is 4.02. The molecule has 1 heterocycles. The molecule has 1 aliphatic rings. The molecular weight excluding hydrogens is 442 g/mol. The molecule has 0 unspecified atom stereocenters. The van der Waals surface area contributed by atoms with Gasteiger partial charge in [-0.15, -0.1) is 0 Å². The van der Waals surface area contributed by atoms with E-state index in [-0.39, 0.29) is 30.0 Å². The Morgan fingerprint density at radius 2 is 1.49 bits per heavy atom. The van der Waals surface area contributed by atoms with Crippen molar-refractivity contribution >= 4 is 39.9 Å². The van der Waals surface area contributed by atoms with Crippen LogP contribution in [0.1, 0.15) is 31.1 Å². The van der Waals surface area contributed by atoms with Crippen molar-refractivity contribution in [3.8, 4) is 0 Å². The van der Waals surface area contributed by atoms with E-state index in [1.165, 1.54) is 0 Å². The second-order valence-corrected chi connectivity index (χ2v) is 8.53. The third-order valence-electron chi connectivity index (χ3n) is 5.80. The third kappa shape index (κ3) is 5.38. The summed E-state index contributed by atoms with van der Waals surface area (Å²) in [5, 5.41) is 8.99. The van der Waals surface area contributed by atoms with Crippen LogP contribution in [0.3, 0.4) is 0 Å². The second kappa shape index (κ2) is 9.80. The highest BCUT2D eigenvalue weighted by molar-refractivity contribution is 6.00. The van der Waals surface area contributed by atoms with Crippen LogP contribution in [0.5, 0.6) is 0 Å². The Labute approximate surface area is 202 Å². The number of hydrogen-bond donors (Lipinski definition) is 3. The number of hydrogen-bond acceptors (Lipinski definition) is 4. The van der Waals surface area contributed by atoms with E-state index >= 15 is 0 Å². The molecule has 3 aromatic carbocycles. The Balaban J connectivity index is 1.23. The monoisotopic (exact) mass is 467 g/mol. The molecule has 8 heteroatoms. The lowest BCUT2D eigenvalue weighted by atomic mass is 10.2. The van der Waals surface area contributed by atoms with E-state index < -0.39 is 0 Å². The van der Waals surface area contributed by atoms with E-state index in [0.717, 1.165) is 12.8 Å². The average molecular weight is 468 g/mol. The van der Waals surface area contributed by atoms with Crippen LogP contribution in [0.4, 0.5) is 21.9 Å². The van der Waals surface area contributed by atoms with Crippen molar-refractivity contribution < 1.29 is 9.59 Å². The smallest absolute Gasteiger partial charge is 0.323 e. The minimum absolute atomic E-state index is 0.0407. The minimum atomic E-state index is -0.375. The fraction of sp³-hybridized carbons (Fsp3) is 0.185. The van der Waals surface area contributed by atoms with Crippen molar-refractivity contribution in [1.29, 1.82) is 0 Å². The number of carbonyl (C=O) groups excluding carboxylic acids is 2. The van der Waals surface area contributed by atoms with Crippen molar-refractivity contribution in [2.24, 2.45) is 0 Å². The summed E-state index contributed by atoms with van der Waals surface area (Å²) >= 11 is 0. The highest BCUT2D eigenvalue weighted by Crippen LogP contribution is 2.35. The zero-order chi connectivity index (χ0) is 24.2. The fourth-order valence-corrected chi connectivity index (χ4v) is 4.02. The van der Waals surface area contributed by atoms with Gasteiger partial charge in [-0.2, -0.15) is 0 Å². The quantitative estimate of drug-likeness (QED) is 0.358. The molecule has 0 aliphatic heterocycles. The summed E-state index contributed by atoms with van der Waals surface area (Å²) in [5.74, 6) is 0.444. The Morgan fingerprint density at radius 1 is 0.829 bits per heavy atom. The van der Waals surface area contributed by atoms with E-state index in [9.17, 15) is 14.4 Å². The number of fused-ring (bicyclic) bond motifs is 1. The molecule has 0 spiro atoms. The molecule has 5 rings (SSSR count). The Kier molecular flexibility index (Phi) is 6.26. The lowest BCUT2D eigenvalue weighted by Crippen LogP contribution is -2.25. The van der Waals surface area contributed by atoms with Crippen LogP contribution >= 0.6 is 0 Å². The second-order valence-electron chi connectivity index (χ2n) is 8.53. The summed E-state index contributed by atoms with van der Waals surface area (Å²) in [6, 6.07) is 23.2. The normalized spacial score (nSPS) is 12.8. The van der Waals surface area contributed by atoms with Gasteiger partial charge in [0.2, 0.25) is 5.91 Å². The van der Waals surface area contributed by atoms with Crippen LogP contribution in [-0.4, -0.2) is 21.5 Å². The van der Waals surface area contributed by atoms with Gasteiger partial charge in [0.15, 0.2) is 0 Å². The first-order chi connectivity index (χ1) is 17.1. The summed E-state index contributed by atoms with van der Waals surface area (Å²) in [5.41, 5.74) is 2.41. The number of carbonyl (C=O) groups is 2. The molecule has 1 fully saturated rings. The molecule has 3 N–H and O–H groups in total. The average Bonchev–Trinajstić information content (AvgIpc) is 3.69. The van der Waals surface area contributed by atoms with Crippen molar-refractivity contribution in [2.75, 3.05) is 16.0 Å². The lowest BCUT2D eigenvalue weighted by Gasteiger charge is -2.13. The number of benzene rings is 3. The van der Waals surface area contributed by atoms with Gasteiger partial charge in [0.1, 0.15) is 5.82 Å². The number of aryl methyl sites for hydroxylation is 1. The molecule has 35 heavy (non-hydrogen) atoms. The predicted molar refractivity (Wildman–Crippen MR) is 137 cm³/mol. The number of nitrogens with zero attached hydrogens (tertiary/aromatic N) is 2. The summed E-state index contributed by atoms with van der Waals surface area (Å²) in [6.07, 6.45) is 2.46. The van der Waals surface area contributed by atoms with Gasteiger partial charge in [-0.1, -0.05) is 36.4 Å². The van der Waals surface area contributed by atoms with Crippen molar-refractivity contribution in [2.45, 2.75) is 31.7 Å².